The van der Waals surface area contributed by atoms with Gasteiger partial charge in [0.2, 0.25) is 5.91 Å². The zero-order chi connectivity index (χ0) is 14.5. The number of fused-ring (bicyclic) bond motifs is 1. The zero-order valence-corrected chi connectivity index (χ0v) is 11.5. The van der Waals surface area contributed by atoms with Crippen LogP contribution in [-0.2, 0) is 4.79 Å². The molecule has 0 aliphatic heterocycles. The average Bonchev–Trinajstić information content (AvgIpc) is 2.46. The van der Waals surface area contributed by atoms with Crippen molar-refractivity contribution in [3.05, 3.63) is 42.1 Å². The van der Waals surface area contributed by atoms with Crippen LogP contribution in [0.2, 0.25) is 0 Å². The molecule has 20 heavy (non-hydrogen) atoms. The highest BCUT2D eigenvalue weighted by molar-refractivity contribution is 5.97. The SMILES string of the molecule is CCNC(=O)[C@@H](C)NC(=O)c1ccc2ccccc2n1. The second-order valence-corrected chi connectivity index (χ2v) is 4.48. The van der Waals surface area contributed by atoms with E-state index in [1.54, 1.807) is 13.0 Å². The van der Waals surface area contributed by atoms with Crippen LogP contribution in [0.5, 0.6) is 0 Å². The summed E-state index contributed by atoms with van der Waals surface area (Å²) in [6.45, 7) is 4.01. The van der Waals surface area contributed by atoms with Crippen molar-refractivity contribution in [2.24, 2.45) is 0 Å². The van der Waals surface area contributed by atoms with E-state index in [1.165, 1.54) is 0 Å². The molecule has 2 aromatic rings. The van der Waals surface area contributed by atoms with E-state index in [4.69, 9.17) is 0 Å². The summed E-state index contributed by atoms with van der Waals surface area (Å²) in [5.74, 6) is -0.559. The molecule has 5 heteroatoms. The van der Waals surface area contributed by atoms with Gasteiger partial charge >= 0.3 is 0 Å². The first-order chi connectivity index (χ1) is 9.61. The van der Waals surface area contributed by atoms with E-state index in [2.05, 4.69) is 15.6 Å². The Balaban J connectivity index is 2.13. The Morgan fingerprint density at radius 3 is 2.70 bits per heavy atom. The van der Waals surface area contributed by atoms with E-state index in [0.29, 0.717) is 12.2 Å². The lowest BCUT2D eigenvalue weighted by molar-refractivity contribution is -0.122. The van der Waals surface area contributed by atoms with Gasteiger partial charge in [-0.3, -0.25) is 9.59 Å². The van der Waals surface area contributed by atoms with Crippen LogP contribution in [-0.4, -0.2) is 29.4 Å². The first-order valence-corrected chi connectivity index (χ1v) is 6.56. The Bertz CT molecular complexity index is 640. The number of nitrogens with one attached hydrogen (secondary N) is 2. The lowest BCUT2D eigenvalue weighted by Gasteiger charge is -2.13. The largest absolute Gasteiger partial charge is 0.355 e. The second kappa shape index (κ2) is 6.14. The van der Waals surface area contributed by atoms with Gasteiger partial charge in [0, 0.05) is 11.9 Å². The summed E-state index contributed by atoms with van der Waals surface area (Å²) in [4.78, 5) is 27.9. The molecule has 0 saturated heterocycles. The summed E-state index contributed by atoms with van der Waals surface area (Å²) < 4.78 is 0. The quantitative estimate of drug-likeness (QED) is 0.885. The highest BCUT2D eigenvalue weighted by Crippen LogP contribution is 2.11. The van der Waals surface area contributed by atoms with Crippen molar-refractivity contribution < 1.29 is 9.59 Å². The standard InChI is InChI=1S/C15H17N3O2/c1-3-16-14(19)10(2)17-15(20)13-9-8-11-6-4-5-7-12(11)18-13/h4-10H,3H2,1-2H3,(H,16,19)(H,17,20)/t10-/m1/s1. The molecule has 1 heterocycles. The van der Waals surface area contributed by atoms with Gasteiger partial charge in [0.05, 0.1) is 5.52 Å². The smallest absolute Gasteiger partial charge is 0.270 e. The average molecular weight is 271 g/mol. The van der Waals surface area contributed by atoms with Gasteiger partial charge in [0.1, 0.15) is 11.7 Å². The van der Waals surface area contributed by atoms with E-state index in [1.807, 2.05) is 37.3 Å². The zero-order valence-electron chi connectivity index (χ0n) is 11.5. The van der Waals surface area contributed by atoms with E-state index in [-0.39, 0.29) is 11.8 Å². The summed E-state index contributed by atoms with van der Waals surface area (Å²) in [6, 6.07) is 10.5. The second-order valence-electron chi connectivity index (χ2n) is 4.48. The summed E-state index contributed by atoms with van der Waals surface area (Å²) in [7, 11) is 0. The summed E-state index contributed by atoms with van der Waals surface area (Å²) in [6.07, 6.45) is 0. The predicted octanol–water partition coefficient (Wildman–Crippen LogP) is 1.49. The third-order valence-corrected chi connectivity index (χ3v) is 2.92. The fourth-order valence-corrected chi connectivity index (χ4v) is 1.86. The number of benzene rings is 1. The first-order valence-electron chi connectivity index (χ1n) is 6.56. The molecule has 0 aliphatic carbocycles. The minimum absolute atomic E-state index is 0.207. The maximum Gasteiger partial charge on any atom is 0.270 e. The molecule has 0 bridgehead atoms. The number of amides is 2. The number of likely N-dealkylation sites (N-methyl/N-ethyl adjacent to an activating group) is 1. The molecular formula is C15H17N3O2. The molecule has 1 aromatic heterocycles. The van der Waals surface area contributed by atoms with E-state index >= 15 is 0 Å². The van der Waals surface area contributed by atoms with Crippen molar-refractivity contribution in [2.75, 3.05) is 6.54 Å². The molecular weight excluding hydrogens is 254 g/mol. The monoisotopic (exact) mass is 271 g/mol. The van der Waals surface area contributed by atoms with Crippen LogP contribution in [0, 0.1) is 0 Å². The van der Waals surface area contributed by atoms with Gasteiger partial charge < -0.3 is 10.6 Å². The number of pyridine rings is 1. The third-order valence-electron chi connectivity index (χ3n) is 2.92. The predicted molar refractivity (Wildman–Crippen MR) is 77.4 cm³/mol. The molecule has 0 fully saturated rings. The Morgan fingerprint density at radius 2 is 1.95 bits per heavy atom. The molecule has 2 rings (SSSR count). The van der Waals surface area contributed by atoms with Crippen LogP contribution in [0.3, 0.4) is 0 Å². The number of hydrogen-bond acceptors (Lipinski definition) is 3. The number of nitrogens with zero attached hydrogens (tertiary/aromatic N) is 1. The van der Waals surface area contributed by atoms with Crippen molar-refractivity contribution >= 4 is 22.7 Å². The normalized spacial score (nSPS) is 11.9. The molecule has 1 atom stereocenters. The summed E-state index contributed by atoms with van der Waals surface area (Å²) >= 11 is 0. The Kier molecular flexibility index (Phi) is 4.30. The van der Waals surface area contributed by atoms with Crippen LogP contribution in [0.4, 0.5) is 0 Å². The van der Waals surface area contributed by atoms with E-state index in [9.17, 15) is 9.59 Å². The van der Waals surface area contributed by atoms with Gasteiger partial charge in [-0.25, -0.2) is 4.98 Å². The number of para-hydroxylation sites is 1. The summed E-state index contributed by atoms with van der Waals surface area (Å²) in [5, 5.41) is 6.26. The van der Waals surface area contributed by atoms with Gasteiger partial charge in [0.25, 0.3) is 5.91 Å². The van der Waals surface area contributed by atoms with Gasteiger partial charge in [-0.1, -0.05) is 24.3 Å². The number of carbonyl (C=O) groups excluding carboxylic acids is 2. The maximum atomic E-state index is 12.1. The highest BCUT2D eigenvalue weighted by Gasteiger charge is 2.16. The number of hydrogen-bond donors (Lipinski definition) is 2. The van der Waals surface area contributed by atoms with Gasteiger partial charge in [0.15, 0.2) is 0 Å². The van der Waals surface area contributed by atoms with Crippen LogP contribution >= 0.6 is 0 Å². The van der Waals surface area contributed by atoms with Crippen LogP contribution in [0.25, 0.3) is 10.9 Å². The van der Waals surface area contributed by atoms with Crippen LogP contribution in [0.1, 0.15) is 24.3 Å². The van der Waals surface area contributed by atoms with Gasteiger partial charge in [-0.15, -0.1) is 0 Å². The molecule has 0 saturated carbocycles. The van der Waals surface area contributed by atoms with E-state index < -0.39 is 6.04 Å². The molecule has 104 valence electrons. The van der Waals surface area contributed by atoms with Crippen LogP contribution in [0.15, 0.2) is 36.4 Å². The Labute approximate surface area is 117 Å². The van der Waals surface area contributed by atoms with Crippen molar-refractivity contribution in [3.63, 3.8) is 0 Å². The first kappa shape index (κ1) is 14.0. The highest BCUT2D eigenvalue weighted by atomic mass is 16.2. The third kappa shape index (κ3) is 3.12. The number of rotatable bonds is 4. The van der Waals surface area contributed by atoms with Gasteiger partial charge in [-0.05, 0) is 26.0 Å². The van der Waals surface area contributed by atoms with Gasteiger partial charge in [-0.2, -0.15) is 0 Å². The molecule has 0 aliphatic rings. The number of aromatic nitrogens is 1. The topological polar surface area (TPSA) is 71.1 Å². The summed E-state index contributed by atoms with van der Waals surface area (Å²) in [5.41, 5.74) is 1.06. The van der Waals surface area contributed by atoms with Crippen molar-refractivity contribution in [3.8, 4) is 0 Å². The minimum atomic E-state index is -0.587. The molecule has 0 radical (unpaired) electrons. The number of carbonyl (C=O) groups is 2. The Morgan fingerprint density at radius 1 is 1.20 bits per heavy atom. The molecule has 0 spiro atoms. The molecule has 2 amide bonds. The molecule has 5 nitrogen and oxygen atoms in total. The van der Waals surface area contributed by atoms with Crippen molar-refractivity contribution in [1.29, 1.82) is 0 Å². The Hall–Kier alpha value is -2.43. The van der Waals surface area contributed by atoms with Crippen LogP contribution < -0.4 is 10.6 Å². The van der Waals surface area contributed by atoms with E-state index in [0.717, 1.165) is 10.9 Å². The van der Waals surface area contributed by atoms with Crippen molar-refractivity contribution in [1.82, 2.24) is 15.6 Å². The fourth-order valence-electron chi connectivity index (χ4n) is 1.86. The van der Waals surface area contributed by atoms with Crippen molar-refractivity contribution in [2.45, 2.75) is 19.9 Å². The lowest BCUT2D eigenvalue weighted by atomic mass is 10.2. The fraction of sp³-hybridized carbons (Fsp3) is 0.267. The maximum absolute atomic E-state index is 12.1. The lowest BCUT2D eigenvalue weighted by Crippen LogP contribution is -2.44. The minimum Gasteiger partial charge on any atom is -0.355 e. The molecule has 2 N–H and O–H groups in total. The molecule has 0 unspecified atom stereocenters. The molecule has 1 aromatic carbocycles.